The summed E-state index contributed by atoms with van der Waals surface area (Å²) in [5, 5.41) is 3.06. The molecule has 198 valence electrons. The zero-order valence-electron chi connectivity index (χ0n) is 23.4. The molecule has 9 nitrogen and oxygen atoms in total. The molecule has 0 aliphatic heterocycles. The summed E-state index contributed by atoms with van der Waals surface area (Å²) in [5.74, 6) is -0.339. The molecule has 0 bridgehead atoms. The second kappa shape index (κ2) is 13.8. The fourth-order valence-electron chi connectivity index (χ4n) is 4.15. The number of anilines is 1. The number of carbonyl (C=O) groups is 1. The Labute approximate surface area is 276 Å². The molecule has 0 aliphatic carbocycles. The minimum absolute atomic E-state index is 0. The van der Waals surface area contributed by atoms with Crippen LogP contribution in [0.15, 0.2) is 71.7 Å². The van der Waals surface area contributed by atoms with Crippen molar-refractivity contribution in [1.29, 1.82) is 0 Å². The Bertz CT molecular complexity index is 1630. The van der Waals surface area contributed by atoms with Gasteiger partial charge in [0.15, 0.2) is 0 Å². The summed E-state index contributed by atoms with van der Waals surface area (Å²) in [4.78, 5) is 52.5. The van der Waals surface area contributed by atoms with E-state index >= 15 is 0 Å². The number of pyridine rings is 1. The molecule has 0 saturated carbocycles. The molecule has 1 aromatic heterocycles. The summed E-state index contributed by atoms with van der Waals surface area (Å²) in [7, 11) is -5.42. The van der Waals surface area contributed by atoms with E-state index in [4.69, 9.17) is 9.26 Å². The van der Waals surface area contributed by atoms with E-state index in [9.17, 15) is 23.9 Å². The second-order valence-corrected chi connectivity index (χ2v) is 10.8. The van der Waals surface area contributed by atoms with Gasteiger partial charge >= 0.3 is 59.1 Å². The van der Waals surface area contributed by atoms with Crippen LogP contribution in [0.4, 0.5) is 5.69 Å². The number of hydrogen-bond acceptors (Lipinski definition) is 7. The quantitative estimate of drug-likeness (QED) is 0.197. The second-order valence-electron chi connectivity index (χ2n) is 9.67. The number of hydrogen-bond donors (Lipinski definition) is 2. The van der Waals surface area contributed by atoms with Crippen molar-refractivity contribution in [3.8, 4) is 22.6 Å². The van der Waals surface area contributed by atoms with Crippen molar-refractivity contribution >= 4 is 30.3 Å². The van der Waals surface area contributed by atoms with E-state index in [0.717, 1.165) is 0 Å². The third-order valence-electron chi connectivity index (χ3n) is 5.88. The number of carbonyl (C=O) groups excluding carboxylic acids is 1. The molecule has 40 heavy (non-hydrogen) atoms. The van der Waals surface area contributed by atoms with Gasteiger partial charge < -0.3 is 33.9 Å². The molecule has 4 rings (SSSR count). The van der Waals surface area contributed by atoms with Crippen LogP contribution in [-0.2, 0) is 9.98 Å². The molecule has 12 heteroatoms. The van der Waals surface area contributed by atoms with E-state index in [0.29, 0.717) is 39.9 Å². The molecular weight excluding hydrogens is 553 g/mol. The van der Waals surface area contributed by atoms with E-state index in [1.807, 2.05) is 27.7 Å². The fourth-order valence-corrected chi connectivity index (χ4v) is 4.54. The standard InChI is InChI=1S/C28H29N2O7P.2Na/c1-5-36-18-10-8-9-17(13-18)20-14-22(28(2,3)4)25(37-38(33,34)35)15-24(20)30-27(32)21-16-29-23-12-7-6-11-19(23)26(21)31;;/h6-16H,5H2,1-4H3,(H,29,31)(H,30,32)(H2,33,34,35);;/q;2*+1/p-2. The zero-order chi connectivity index (χ0) is 27.7. The van der Waals surface area contributed by atoms with Crippen LogP contribution >= 0.6 is 7.82 Å². The van der Waals surface area contributed by atoms with Crippen molar-refractivity contribution < 1.29 is 87.5 Å². The van der Waals surface area contributed by atoms with Crippen LogP contribution in [-0.4, -0.2) is 17.5 Å². The summed E-state index contributed by atoms with van der Waals surface area (Å²) in [6.07, 6.45) is 1.32. The molecule has 4 aromatic rings. The third-order valence-corrected chi connectivity index (χ3v) is 6.30. The van der Waals surface area contributed by atoms with E-state index in [1.54, 1.807) is 54.6 Å². The van der Waals surface area contributed by atoms with Crippen molar-refractivity contribution in [2.75, 3.05) is 11.9 Å². The number of rotatable bonds is 7. The summed E-state index contributed by atoms with van der Waals surface area (Å²) >= 11 is 0. The number of ether oxygens (including phenoxy) is 1. The number of fused-ring (bicyclic) bond motifs is 1. The maximum absolute atomic E-state index is 13.3. The first-order valence-corrected chi connectivity index (χ1v) is 13.4. The molecule has 2 N–H and O–H groups in total. The van der Waals surface area contributed by atoms with Crippen molar-refractivity contribution in [3.63, 3.8) is 0 Å². The first kappa shape index (κ1) is 34.3. The van der Waals surface area contributed by atoms with Gasteiger partial charge in [0.05, 0.1) is 12.3 Å². The summed E-state index contributed by atoms with van der Waals surface area (Å²) in [6.45, 7) is 7.81. The molecule has 0 saturated heterocycles. The van der Waals surface area contributed by atoms with Crippen molar-refractivity contribution in [2.24, 2.45) is 0 Å². The maximum Gasteiger partial charge on any atom is 1.00 e. The Morgan fingerprint density at radius 1 is 1.02 bits per heavy atom. The molecule has 0 atom stereocenters. The van der Waals surface area contributed by atoms with Crippen LogP contribution in [0.2, 0.25) is 0 Å². The predicted molar refractivity (Wildman–Crippen MR) is 143 cm³/mol. The number of nitrogens with one attached hydrogen (secondary N) is 2. The molecule has 0 aliphatic rings. The first-order chi connectivity index (χ1) is 17.9. The predicted octanol–water partition coefficient (Wildman–Crippen LogP) is -1.64. The molecule has 0 spiro atoms. The smallest absolute Gasteiger partial charge is 0.780 e. The van der Waals surface area contributed by atoms with Gasteiger partial charge in [-0.05, 0) is 48.2 Å². The number of phosphoric ester groups is 1. The minimum Gasteiger partial charge on any atom is -0.780 e. The first-order valence-electron chi connectivity index (χ1n) is 11.9. The molecular formula is C28H27N2Na2O7P. The van der Waals surface area contributed by atoms with Crippen molar-refractivity contribution in [3.05, 3.63) is 88.2 Å². The van der Waals surface area contributed by atoms with Crippen LogP contribution < -0.4 is 88.9 Å². The topological polar surface area (TPSA) is 144 Å². The molecule has 0 unspecified atom stereocenters. The molecule has 0 radical (unpaired) electrons. The monoisotopic (exact) mass is 580 g/mol. The maximum atomic E-state index is 13.3. The van der Waals surface area contributed by atoms with Gasteiger partial charge in [-0.1, -0.05) is 45.0 Å². The third kappa shape index (κ3) is 8.10. The SMILES string of the molecule is CCOc1cccc(-c2cc(C(C)(C)C)c(OP(=O)([O-])[O-])cc2NC(=O)c2c[nH]c3ccccc3c2=O)c1.[Na+].[Na+]. The van der Waals surface area contributed by atoms with Crippen LogP contribution in [0.1, 0.15) is 43.6 Å². The van der Waals surface area contributed by atoms with Gasteiger partial charge in [0.2, 0.25) is 5.43 Å². The van der Waals surface area contributed by atoms with Gasteiger partial charge in [0.25, 0.3) is 5.91 Å². The molecule has 1 heterocycles. The molecule has 1 amide bonds. The Hall–Kier alpha value is -1.91. The van der Waals surface area contributed by atoms with E-state index in [1.165, 1.54) is 12.3 Å². The summed E-state index contributed by atoms with van der Waals surface area (Å²) < 4.78 is 22.0. The van der Waals surface area contributed by atoms with Gasteiger partial charge in [0.1, 0.15) is 24.9 Å². The Morgan fingerprint density at radius 3 is 2.38 bits per heavy atom. The number of para-hydroxylation sites is 1. The number of aromatic nitrogens is 1. The van der Waals surface area contributed by atoms with Crippen LogP contribution in [0.5, 0.6) is 11.5 Å². The average molecular weight is 580 g/mol. The molecule has 3 aromatic carbocycles. The summed E-state index contributed by atoms with van der Waals surface area (Å²) in [6, 6.07) is 16.9. The van der Waals surface area contributed by atoms with E-state index < -0.39 is 24.6 Å². The fraction of sp³-hybridized carbons (Fsp3) is 0.214. The normalized spacial score (nSPS) is 11.2. The minimum atomic E-state index is -5.42. The number of phosphoric acid groups is 1. The Morgan fingerprint density at radius 2 is 1.73 bits per heavy atom. The Kier molecular flexibility index (Phi) is 11.9. The van der Waals surface area contributed by atoms with Crippen LogP contribution in [0, 0.1) is 0 Å². The van der Waals surface area contributed by atoms with Gasteiger partial charge in [0, 0.05) is 34.3 Å². The number of H-pyrrole nitrogens is 1. The van der Waals surface area contributed by atoms with Gasteiger partial charge in [-0.3, -0.25) is 9.59 Å². The van der Waals surface area contributed by atoms with Crippen molar-refractivity contribution in [2.45, 2.75) is 33.1 Å². The van der Waals surface area contributed by atoms with Crippen LogP contribution in [0.25, 0.3) is 22.0 Å². The van der Waals surface area contributed by atoms with Gasteiger partial charge in [-0.2, -0.15) is 0 Å². The largest absolute Gasteiger partial charge is 1.00 e. The summed E-state index contributed by atoms with van der Waals surface area (Å²) in [5.41, 5.74) is 1.09. The van der Waals surface area contributed by atoms with Gasteiger partial charge in [-0.25, -0.2) is 0 Å². The number of benzene rings is 3. The zero-order valence-corrected chi connectivity index (χ0v) is 28.3. The Balaban J connectivity index is 0.00000280. The average Bonchev–Trinajstić information content (AvgIpc) is 2.83. The van der Waals surface area contributed by atoms with Gasteiger partial charge in [-0.15, -0.1) is 0 Å². The van der Waals surface area contributed by atoms with Crippen LogP contribution in [0.3, 0.4) is 0 Å². The molecule has 0 fully saturated rings. The van der Waals surface area contributed by atoms with Crippen molar-refractivity contribution in [1.82, 2.24) is 4.98 Å². The number of amides is 1. The van der Waals surface area contributed by atoms with E-state index in [2.05, 4.69) is 10.3 Å². The number of aromatic amines is 1. The van der Waals surface area contributed by atoms with E-state index in [-0.39, 0.29) is 76.1 Å².